The Labute approximate surface area is 120 Å². The third-order valence-electron chi connectivity index (χ3n) is 2.79. The molecule has 0 heterocycles. The minimum absolute atomic E-state index is 0.565. The van der Waals surface area contributed by atoms with E-state index in [-0.39, 0.29) is 0 Å². The molecule has 0 fully saturated rings. The summed E-state index contributed by atoms with van der Waals surface area (Å²) in [5.41, 5.74) is 1.64. The van der Waals surface area contributed by atoms with Crippen LogP contribution >= 0.6 is 0 Å². The highest BCUT2D eigenvalue weighted by Gasteiger charge is 2.03. The highest BCUT2D eigenvalue weighted by atomic mass is 16.5. The lowest BCUT2D eigenvalue weighted by Gasteiger charge is -2.08. The van der Waals surface area contributed by atoms with Crippen molar-refractivity contribution in [2.24, 2.45) is 0 Å². The molecule has 0 aromatic heterocycles. The molecule has 0 aliphatic rings. The fourth-order valence-electron chi connectivity index (χ4n) is 1.73. The van der Waals surface area contributed by atoms with E-state index < -0.39 is 0 Å². The molecule has 5 nitrogen and oxygen atoms in total. The Morgan fingerprint density at radius 2 is 2.05 bits per heavy atom. The Hall–Kier alpha value is -1.61. The molecule has 0 saturated heterocycles. The molecule has 20 heavy (non-hydrogen) atoms. The molecule has 0 bridgehead atoms. The molecular formula is C15H22N2O3. The van der Waals surface area contributed by atoms with Crippen molar-refractivity contribution in [1.82, 2.24) is 5.32 Å². The van der Waals surface area contributed by atoms with Gasteiger partial charge in [0.25, 0.3) is 0 Å². The van der Waals surface area contributed by atoms with Crippen LogP contribution < -0.4 is 10.1 Å². The van der Waals surface area contributed by atoms with Gasteiger partial charge in [-0.15, -0.1) is 0 Å². The zero-order chi connectivity index (χ0) is 14.6. The SMILES string of the molecule is COCCOCCCNCc1ccc(OC)c(C#N)c1. The van der Waals surface area contributed by atoms with E-state index in [1.165, 1.54) is 0 Å². The zero-order valence-corrected chi connectivity index (χ0v) is 12.1. The fourth-order valence-corrected chi connectivity index (χ4v) is 1.73. The summed E-state index contributed by atoms with van der Waals surface area (Å²) in [6.07, 6.45) is 0.949. The van der Waals surface area contributed by atoms with Crippen LogP contribution in [0.1, 0.15) is 17.5 Å². The first-order valence-corrected chi connectivity index (χ1v) is 6.66. The van der Waals surface area contributed by atoms with Gasteiger partial charge in [-0.05, 0) is 30.7 Å². The van der Waals surface area contributed by atoms with E-state index in [0.717, 1.165) is 31.7 Å². The molecule has 1 N–H and O–H groups in total. The van der Waals surface area contributed by atoms with Crippen molar-refractivity contribution in [2.75, 3.05) is 40.6 Å². The summed E-state index contributed by atoms with van der Waals surface area (Å²) in [6.45, 7) is 3.61. The third-order valence-corrected chi connectivity index (χ3v) is 2.79. The molecular weight excluding hydrogens is 256 g/mol. The van der Waals surface area contributed by atoms with Crippen LogP contribution in [-0.4, -0.2) is 40.6 Å². The van der Waals surface area contributed by atoms with Crippen LogP contribution in [0.15, 0.2) is 18.2 Å². The van der Waals surface area contributed by atoms with Crippen LogP contribution in [0.2, 0.25) is 0 Å². The summed E-state index contributed by atoms with van der Waals surface area (Å²) < 4.78 is 15.4. The largest absolute Gasteiger partial charge is 0.495 e. The zero-order valence-electron chi connectivity index (χ0n) is 12.1. The second kappa shape index (κ2) is 10.2. The molecule has 1 aromatic carbocycles. The number of rotatable bonds is 10. The maximum absolute atomic E-state index is 9.01. The third kappa shape index (κ3) is 6.02. The van der Waals surface area contributed by atoms with Gasteiger partial charge in [-0.25, -0.2) is 0 Å². The molecule has 0 amide bonds. The molecule has 0 saturated carbocycles. The Bertz CT molecular complexity index is 430. The lowest BCUT2D eigenvalue weighted by molar-refractivity contribution is 0.0695. The first-order chi connectivity index (χ1) is 9.81. The summed E-state index contributed by atoms with van der Waals surface area (Å²) in [7, 11) is 3.23. The molecule has 0 spiro atoms. The summed E-state index contributed by atoms with van der Waals surface area (Å²) in [5, 5.41) is 12.3. The molecule has 0 unspecified atom stereocenters. The van der Waals surface area contributed by atoms with Crippen LogP contribution in [0.4, 0.5) is 0 Å². The first-order valence-electron chi connectivity index (χ1n) is 6.66. The van der Waals surface area contributed by atoms with Crippen LogP contribution in [0.5, 0.6) is 5.75 Å². The quantitative estimate of drug-likeness (QED) is 0.660. The molecule has 0 aliphatic carbocycles. The van der Waals surface area contributed by atoms with Gasteiger partial charge in [-0.2, -0.15) is 5.26 Å². The Morgan fingerprint density at radius 3 is 2.75 bits per heavy atom. The Kier molecular flexibility index (Phi) is 8.40. The summed E-state index contributed by atoms with van der Waals surface area (Å²) in [6, 6.07) is 7.76. The molecule has 110 valence electrons. The topological polar surface area (TPSA) is 63.5 Å². The minimum Gasteiger partial charge on any atom is -0.495 e. The average molecular weight is 278 g/mol. The van der Waals surface area contributed by atoms with Gasteiger partial charge < -0.3 is 19.5 Å². The van der Waals surface area contributed by atoms with Gasteiger partial charge >= 0.3 is 0 Å². The average Bonchev–Trinajstić information content (AvgIpc) is 2.49. The van der Waals surface area contributed by atoms with E-state index in [9.17, 15) is 0 Å². The van der Waals surface area contributed by atoms with E-state index >= 15 is 0 Å². The second-order valence-corrected chi connectivity index (χ2v) is 4.28. The predicted octanol–water partition coefficient (Wildman–Crippen LogP) is 1.71. The minimum atomic E-state index is 0.565. The van der Waals surface area contributed by atoms with Crippen LogP contribution in [-0.2, 0) is 16.0 Å². The maximum Gasteiger partial charge on any atom is 0.136 e. The lowest BCUT2D eigenvalue weighted by atomic mass is 10.1. The van der Waals surface area contributed by atoms with Gasteiger partial charge in [0.05, 0.1) is 25.9 Å². The standard InChI is InChI=1S/C15H22N2O3/c1-18-8-9-20-7-3-6-17-12-13-4-5-15(19-2)14(10-13)11-16/h4-5,10,17H,3,6-9,12H2,1-2H3. The van der Waals surface area contributed by atoms with Crippen molar-refractivity contribution in [1.29, 1.82) is 5.26 Å². The van der Waals surface area contributed by atoms with Gasteiger partial charge in [0, 0.05) is 20.3 Å². The van der Waals surface area contributed by atoms with Crippen molar-refractivity contribution >= 4 is 0 Å². The number of hydrogen-bond donors (Lipinski definition) is 1. The Morgan fingerprint density at radius 1 is 1.20 bits per heavy atom. The molecule has 0 atom stereocenters. The number of ether oxygens (including phenoxy) is 3. The fraction of sp³-hybridized carbons (Fsp3) is 0.533. The number of nitriles is 1. The number of nitrogens with zero attached hydrogens (tertiary/aromatic N) is 1. The van der Waals surface area contributed by atoms with Gasteiger partial charge in [0.1, 0.15) is 11.8 Å². The van der Waals surface area contributed by atoms with Crippen molar-refractivity contribution in [2.45, 2.75) is 13.0 Å². The lowest BCUT2D eigenvalue weighted by Crippen LogP contribution is -2.17. The van der Waals surface area contributed by atoms with E-state index in [1.807, 2.05) is 18.2 Å². The smallest absolute Gasteiger partial charge is 0.136 e. The molecule has 1 aromatic rings. The van der Waals surface area contributed by atoms with Gasteiger partial charge in [0.15, 0.2) is 0 Å². The van der Waals surface area contributed by atoms with E-state index in [4.69, 9.17) is 19.5 Å². The van der Waals surface area contributed by atoms with Crippen LogP contribution in [0.3, 0.4) is 0 Å². The summed E-state index contributed by atoms with van der Waals surface area (Å²) >= 11 is 0. The predicted molar refractivity (Wildman–Crippen MR) is 76.7 cm³/mol. The maximum atomic E-state index is 9.01. The van der Waals surface area contributed by atoms with Gasteiger partial charge in [-0.3, -0.25) is 0 Å². The number of nitrogens with one attached hydrogen (secondary N) is 1. The van der Waals surface area contributed by atoms with E-state index in [0.29, 0.717) is 24.5 Å². The number of methoxy groups -OCH3 is 2. The highest BCUT2D eigenvalue weighted by molar-refractivity contribution is 5.45. The van der Waals surface area contributed by atoms with Crippen molar-refractivity contribution in [3.8, 4) is 11.8 Å². The summed E-state index contributed by atoms with van der Waals surface area (Å²) in [4.78, 5) is 0. The summed E-state index contributed by atoms with van der Waals surface area (Å²) in [5.74, 6) is 0.614. The molecule has 5 heteroatoms. The normalized spacial score (nSPS) is 10.2. The van der Waals surface area contributed by atoms with Crippen LogP contribution in [0.25, 0.3) is 0 Å². The van der Waals surface area contributed by atoms with Crippen molar-refractivity contribution < 1.29 is 14.2 Å². The second-order valence-electron chi connectivity index (χ2n) is 4.28. The number of benzene rings is 1. The van der Waals surface area contributed by atoms with Crippen molar-refractivity contribution in [3.63, 3.8) is 0 Å². The van der Waals surface area contributed by atoms with Gasteiger partial charge in [-0.1, -0.05) is 6.07 Å². The highest BCUT2D eigenvalue weighted by Crippen LogP contribution is 2.18. The Balaban J connectivity index is 2.21. The molecule has 0 aliphatic heterocycles. The van der Waals surface area contributed by atoms with Gasteiger partial charge in [0.2, 0.25) is 0 Å². The van der Waals surface area contributed by atoms with E-state index in [1.54, 1.807) is 14.2 Å². The van der Waals surface area contributed by atoms with Crippen molar-refractivity contribution in [3.05, 3.63) is 29.3 Å². The first kappa shape index (κ1) is 16.4. The molecule has 1 rings (SSSR count). The molecule has 0 radical (unpaired) electrons. The monoisotopic (exact) mass is 278 g/mol. The number of hydrogen-bond acceptors (Lipinski definition) is 5. The van der Waals surface area contributed by atoms with Crippen LogP contribution in [0, 0.1) is 11.3 Å². The van der Waals surface area contributed by atoms with E-state index in [2.05, 4.69) is 11.4 Å².